The van der Waals surface area contributed by atoms with Crippen LogP contribution in [0.5, 0.6) is 0 Å². The molecule has 1 fully saturated rings. The van der Waals surface area contributed by atoms with Gasteiger partial charge >= 0.3 is 0 Å². The van der Waals surface area contributed by atoms with Crippen LogP contribution >= 0.6 is 0 Å². The number of hydrogen-bond acceptors (Lipinski definition) is 4. The summed E-state index contributed by atoms with van der Waals surface area (Å²) in [6.07, 6.45) is 6.17. The minimum absolute atomic E-state index is 0.388. The Morgan fingerprint density at radius 1 is 1.41 bits per heavy atom. The number of aromatic nitrogens is 2. The quantitative estimate of drug-likeness (QED) is 0.864. The first-order chi connectivity index (χ1) is 8.29. The third-order valence-corrected chi connectivity index (χ3v) is 3.12. The van der Waals surface area contributed by atoms with Crippen molar-refractivity contribution in [2.24, 2.45) is 0 Å². The summed E-state index contributed by atoms with van der Waals surface area (Å²) in [4.78, 5) is 10.1. The van der Waals surface area contributed by atoms with E-state index >= 15 is 0 Å². The lowest BCUT2D eigenvalue weighted by Crippen LogP contribution is -2.44. The Bertz CT molecular complexity index is 335. The van der Waals surface area contributed by atoms with E-state index in [-0.39, 0.29) is 5.82 Å². The molecule has 2 rings (SSSR count). The highest BCUT2D eigenvalue weighted by Crippen LogP contribution is 2.12. The lowest BCUT2D eigenvalue weighted by Gasteiger charge is -2.29. The summed E-state index contributed by atoms with van der Waals surface area (Å²) >= 11 is 0. The van der Waals surface area contributed by atoms with E-state index in [4.69, 9.17) is 0 Å². The van der Waals surface area contributed by atoms with Crippen LogP contribution in [0.4, 0.5) is 10.3 Å². The highest BCUT2D eigenvalue weighted by Gasteiger charge is 2.17. The summed E-state index contributed by atoms with van der Waals surface area (Å²) in [6, 6.07) is 0.498. The first kappa shape index (κ1) is 12.2. The molecule has 1 aliphatic heterocycles. The number of hydrogen-bond donors (Lipinski definition) is 1. The molecule has 2 heterocycles. The van der Waals surface area contributed by atoms with Crippen LogP contribution in [0.1, 0.15) is 26.2 Å². The van der Waals surface area contributed by atoms with Crippen molar-refractivity contribution in [3.05, 3.63) is 18.2 Å². The highest BCUT2D eigenvalue weighted by atomic mass is 19.1. The molecule has 5 heteroatoms. The monoisotopic (exact) mass is 238 g/mol. The van der Waals surface area contributed by atoms with E-state index in [2.05, 4.69) is 27.1 Å². The summed E-state index contributed by atoms with van der Waals surface area (Å²) in [7, 11) is 0. The third kappa shape index (κ3) is 3.36. The van der Waals surface area contributed by atoms with Crippen molar-refractivity contribution in [1.82, 2.24) is 15.3 Å². The Labute approximate surface area is 101 Å². The van der Waals surface area contributed by atoms with Crippen molar-refractivity contribution in [3.63, 3.8) is 0 Å². The van der Waals surface area contributed by atoms with E-state index in [0.29, 0.717) is 12.0 Å². The van der Waals surface area contributed by atoms with Gasteiger partial charge in [-0.25, -0.2) is 14.4 Å². The molecular weight excluding hydrogens is 219 g/mol. The molecule has 17 heavy (non-hydrogen) atoms. The molecule has 0 amide bonds. The Kier molecular flexibility index (Phi) is 4.25. The van der Waals surface area contributed by atoms with Crippen molar-refractivity contribution < 1.29 is 4.39 Å². The molecular formula is C12H19FN4. The zero-order chi connectivity index (χ0) is 12.1. The highest BCUT2D eigenvalue weighted by molar-refractivity contribution is 5.28. The van der Waals surface area contributed by atoms with Crippen LogP contribution in [0.15, 0.2) is 12.4 Å². The number of halogens is 1. The summed E-state index contributed by atoms with van der Waals surface area (Å²) in [5.41, 5.74) is 0. The van der Waals surface area contributed by atoms with Crippen LogP contribution in [0, 0.1) is 5.82 Å². The van der Waals surface area contributed by atoms with Gasteiger partial charge in [-0.15, -0.1) is 0 Å². The number of rotatable bonds is 4. The SMILES string of the molecule is CCN(CC1CCCCN1)c1ncc(F)cn1. The fourth-order valence-electron chi connectivity index (χ4n) is 2.17. The molecule has 1 atom stereocenters. The van der Waals surface area contributed by atoms with Gasteiger partial charge in [0.2, 0.25) is 5.95 Å². The lowest BCUT2D eigenvalue weighted by atomic mass is 10.0. The minimum Gasteiger partial charge on any atom is -0.340 e. The van der Waals surface area contributed by atoms with E-state index in [1.807, 2.05) is 0 Å². The maximum absolute atomic E-state index is 12.8. The average molecular weight is 238 g/mol. The van der Waals surface area contributed by atoms with Gasteiger partial charge < -0.3 is 10.2 Å². The molecule has 0 spiro atoms. The van der Waals surface area contributed by atoms with Crippen LogP contribution in [-0.4, -0.2) is 35.6 Å². The largest absolute Gasteiger partial charge is 0.340 e. The number of piperidine rings is 1. The van der Waals surface area contributed by atoms with E-state index in [0.717, 1.165) is 19.6 Å². The van der Waals surface area contributed by atoms with Crippen molar-refractivity contribution in [1.29, 1.82) is 0 Å². The minimum atomic E-state index is -0.388. The second kappa shape index (κ2) is 5.91. The number of likely N-dealkylation sites (N-methyl/N-ethyl adjacent to an activating group) is 1. The molecule has 4 nitrogen and oxygen atoms in total. The molecule has 94 valence electrons. The predicted octanol–water partition coefficient (Wildman–Crippen LogP) is 1.58. The Morgan fingerprint density at radius 2 is 2.18 bits per heavy atom. The van der Waals surface area contributed by atoms with Crippen LogP contribution in [0.25, 0.3) is 0 Å². The Balaban J connectivity index is 1.97. The summed E-state index contributed by atoms with van der Waals surface area (Å²) in [5.74, 6) is 0.224. The topological polar surface area (TPSA) is 41.0 Å². The Morgan fingerprint density at radius 3 is 2.76 bits per heavy atom. The molecule has 1 aromatic rings. The molecule has 0 aromatic carbocycles. The van der Waals surface area contributed by atoms with Gasteiger partial charge in [-0.3, -0.25) is 0 Å². The zero-order valence-corrected chi connectivity index (χ0v) is 10.2. The maximum Gasteiger partial charge on any atom is 0.225 e. The fraction of sp³-hybridized carbons (Fsp3) is 0.667. The van der Waals surface area contributed by atoms with Gasteiger partial charge in [-0.2, -0.15) is 0 Å². The first-order valence-corrected chi connectivity index (χ1v) is 6.25. The number of anilines is 1. The van der Waals surface area contributed by atoms with Gasteiger partial charge in [0.05, 0.1) is 12.4 Å². The van der Waals surface area contributed by atoms with Crippen molar-refractivity contribution in [3.8, 4) is 0 Å². The van der Waals surface area contributed by atoms with Gasteiger partial charge in [0, 0.05) is 19.1 Å². The standard InChI is InChI=1S/C12H19FN4/c1-2-17(9-11-5-3-4-6-14-11)12-15-7-10(13)8-16-12/h7-8,11,14H,2-6,9H2,1H3. The molecule has 0 radical (unpaired) electrons. The molecule has 1 unspecified atom stereocenters. The Hall–Kier alpha value is -1.23. The van der Waals surface area contributed by atoms with Crippen molar-refractivity contribution in [2.75, 3.05) is 24.5 Å². The third-order valence-electron chi connectivity index (χ3n) is 3.12. The van der Waals surface area contributed by atoms with Crippen LogP contribution in [0.3, 0.4) is 0 Å². The zero-order valence-electron chi connectivity index (χ0n) is 10.2. The number of nitrogens with zero attached hydrogens (tertiary/aromatic N) is 3. The first-order valence-electron chi connectivity index (χ1n) is 6.25. The van der Waals surface area contributed by atoms with E-state index in [1.165, 1.54) is 31.7 Å². The van der Waals surface area contributed by atoms with Gasteiger partial charge in [0.25, 0.3) is 0 Å². The molecule has 0 bridgehead atoms. The number of nitrogens with one attached hydrogen (secondary N) is 1. The van der Waals surface area contributed by atoms with Gasteiger partial charge in [0.15, 0.2) is 5.82 Å². The van der Waals surface area contributed by atoms with Gasteiger partial charge in [-0.1, -0.05) is 6.42 Å². The fourth-order valence-corrected chi connectivity index (χ4v) is 2.17. The second-order valence-electron chi connectivity index (χ2n) is 4.39. The average Bonchev–Trinajstić information content (AvgIpc) is 2.38. The predicted molar refractivity (Wildman–Crippen MR) is 65.5 cm³/mol. The molecule has 0 aliphatic carbocycles. The van der Waals surface area contributed by atoms with Crippen molar-refractivity contribution >= 4 is 5.95 Å². The lowest BCUT2D eigenvalue weighted by molar-refractivity contribution is 0.399. The maximum atomic E-state index is 12.8. The molecule has 1 saturated heterocycles. The van der Waals surface area contributed by atoms with E-state index in [9.17, 15) is 4.39 Å². The van der Waals surface area contributed by atoms with E-state index in [1.54, 1.807) is 0 Å². The van der Waals surface area contributed by atoms with Crippen molar-refractivity contribution in [2.45, 2.75) is 32.2 Å². The van der Waals surface area contributed by atoms with Crippen LogP contribution in [0.2, 0.25) is 0 Å². The van der Waals surface area contributed by atoms with Gasteiger partial charge in [-0.05, 0) is 26.3 Å². The molecule has 1 aliphatic rings. The smallest absolute Gasteiger partial charge is 0.225 e. The van der Waals surface area contributed by atoms with E-state index < -0.39 is 0 Å². The molecule has 0 saturated carbocycles. The normalized spacial score (nSPS) is 20.2. The molecule has 1 N–H and O–H groups in total. The summed E-state index contributed by atoms with van der Waals surface area (Å²) in [6.45, 7) is 4.88. The van der Waals surface area contributed by atoms with Crippen LogP contribution in [-0.2, 0) is 0 Å². The molecule has 1 aromatic heterocycles. The second-order valence-corrected chi connectivity index (χ2v) is 4.39. The van der Waals surface area contributed by atoms with Crippen LogP contribution < -0.4 is 10.2 Å². The summed E-state index contributed by atoms with van der Waals surface area (Å²) in [5, 5.41) is 3.49. The summed E-state index contributed by atoms with van der Waals surface area (Å²) < 4.78 is 12.8. The van der Waals surface area contributed by atoms with Gasteiger partial charge in [0.1, 0.15) is 0 Å².